The maximum absolute atomic E-state index is 11.7. The molecule has 2 amide bonds. The summed E-state index contributed by atoms with van der Waals surface area (Å²) in [7, 11) is 0. The molecule has 2 aliphatic heterocycles. The molecule has 3 rings (SSSR count). The first kappa shape index (κ1) is 22.7. The van der Waals surface area contributed by atoms with Gasteiger partial charge in [-0.3, -0.25) is 10.6 Å². The average Bonchev–Trinajstić information content (AvgIpc) is 3.02. The molecule has 2 aliphatic rings. The Morgan fingerprint density at radius 3 is 2.80 bits per heavy atom. The lowest BCUT2D eigenvalue weighted by atomic mass is 10.1. The van der Waals surface area contributed by atoms with Gasteiger partial charge in [0.25, 0.3) is 0 Å². The van der Waals surface area contributed by atoms with Crippen molar-refractivity contribution in [3.63, 3.8) is 0 Å². The Bertz CT molecular complexity index is 773. The highest BCUT2D eigenvalue weighted by Gasteiger charge is 2.34. The molecule has 0 spiro atoms. The summed E-state index contributed by atoms with van der Waals surface area (Å²) in [5.74, 6) is 0.845. The number of nitrogens with two attached hydrogens (primary N) is 1. The van der Waals surface area contributed by atoms with E-state index in [1.54, 1.807) is 0 Å². The number of ether oxygens (including phenoxy) is 1. The van der Waals surface area contributed by atoms with Crippen molar-refractivity contribution in [1.29, 1.82) is 0 Å². The van der Waals surface area contributed by atoms with Crippen LogP contribution >= 0.6 is 11.8 Å². The number of carbonyl (C=O) groups excluding carboxylic acids is 1. The molecule has 0 saturated carbocycles. The van der Waals surface area contributed by atoms with E-state index in [1.165, 1.54) is 4.91 Å². The van der Waals surface area contributed by atoms with Gasteiger partial charge in [-0.05, 0) is 45.4 Å². The Morgan fingerprint density at radius 1 is 1.30 bits per heavy atom. The molecular formula is C21H34N6O2S. The van der Waals surface area contributed by atoms with E-state index in [0.29, 0.717) is 25.7 Å². The zero-order chi connectivity index (χ0) is 21.7. The van der Waals surface area contributed by atoms with Crippen LogP contribution in [-0.2, 0) is 6.54 Å². The van der Waals surface area contributed by atoms with Crippen LogP contribution in [0.4, 0.5) is 4.79 Å². The predicted molar refractivity (Wildman–Crippen MR) is 123 cm³/mol. The highest BCUT2D eigenvalue weighted by atomic mass is 32.2. The second kappa shape index (κ2) is 10.4. The third-order valence-corrected chi connectivity index (χ3v) is 6.12. The lowest BCUT2D eigenvalue weighted by molar-refractivity contribution is 0.241. The van der Waals surface area contributed by atoms with Gasteiger partial charge in [0.1, 0.15) is 11.1 Å². The minimum atomic E-state index is -0.166. The molecular weight excluding hydrogens is 400 g/mol. The summed E-state index contributed by atoms with van der Waals surface area (Å²) in [6, 6.07) is 6.29. The topological polar surface area (TPSA) is 112 Å². The molecule has 0 radical (unpaired) electrons. The first-order valence-electron chi connectivity index (χ1n) is 10.6. The van der Waals surface area contributed by atoms with Crippen LogP contribution < -0.4 is 37.1 Å². The fourth-order valence-corrected chi connectivity index (χ4v) is 4.82. The second-order valence-electron chi connectivity index (χ2n) is 7.88. The van der Waals surface area contributed by atoms with Crippen LogP contribution in [0.25, 0.3) is 5.70 Å². The minimum Gasteiger partial charge on any atom is -0.493 e. The van der Waals surface area contributed by atoms with E-state index in [2.05, 4.69) is 46.5 Å². The number of rotatable bonds is 8. The smallest absolute Gasteiger partial charge is 0.315 e. The van der Waals surface area contributed by atoms with E-state index in [-0.39, 0.29) is 23.7 Å². The van der Waals surface area contributed by atoms with E-state index in [9.17, 15) is 4.79 Å². The molecule has 9 heteroatoms. The Hall–Kier alpha value is -1.94. The van der Waals surface area contributed by atoms with Gasteiger partial charge in [0.05, 0.1) is 24.6 Å². The first-order chi connectivity index (χ1) is 14.4. The zero-order valence-electron chi connectivity index (χ0n) is 18.2. The van der Waals surface area contributed by atoms with Gasteiger partial charge < -0.3 is 26.4 Å². The van der Waals surface area contributed by atoms with Crippen molar-refractivity contribution in [2.24, 2.45) is 5.73 Å². The molecule has 0 aromatic heterocycles. The van der Waals surface area contributed by atoms with E-state index < -0.39 is 0 Å². The highest BCUT2D eigenvalue weighted by molar-refractivity contribution is 8.04. The largest absolute Gasteiger partial charge is 0.493 e. The molecule has 7 N–H and O–H groups in total. The molecule has 1 aromatic rings. The quantitative estimate of drug-likeness (QED) is 0.346. The lowest BCUT2D eigenvalue weighted by Crippen LogP contribution is -2.59. The van der Waals surface area contributed by atoms with Gasteiger partial charge >= 0.3 is 6.03 Å². The summed E-state index contributed by atoms with van der Waals surface area (Å²) < 4.78 is 6.03. The fourth-order valence-electron chi connectivity index (χ4n) is 3.55. The van der Waals surface area contributed by atoms with Crippen LogP contribution in [0.5, 0.6) is 5.75 Å². The molecule has 0 fully saturated rings. The molecule has 30 heavy (non-hydrogen) atoms. The molecule has 1 aromatic carbocycles. The van der Waals surface area contributed by atoms with Crippen molar-refractivity contribution >= 4 is 23.5 Å². The molecule has 3 atom stereocenters. The maximum atomic E-state index is 11.7. The number of hydrogen-bond donors (Lipinski definition) is 6. The van der Waals surface area contributed by atoms with Crippen molar-refractivity contribution < 1.29 is 9.53 Å². The van der Waals surface area contributed by atoms with Crippen LogP contribution in [0.1, 0.15) is 45.2 Å². The number of fused-ring (bicyclic) bond motifs is 2. The van der Waals surface area contributed by atoms with Crippen LogP contribution in [0.3, 0.4) is 0 Å². The number of carbonyl (C=O) groups is 1. The van der Waals surface area contributed by atoms with Crippen LogP contribution in [0.15, 0.2) is 23.1 Å². The predicted octanol–water partition coefficient (Wildman–Crippen LogP) is 1.84. The number of thioether (sulfide) groups is 1. The van der Waals surface area contributed by atoms with Crippen molar-refractivity contribution in [3.8, 4) is 5.75 Å². The standard InChI is InChI=1S/C21H34N6O2S/c1-5-23-21(28)24-11-14-6-7-15-16(10-14)29-9-8-17-18(15)27-20(30-17)19(25-12(2)3)26-13(4)22/h6-7,10,12-13,19-20,25-27H,5,8-9,11,22H2,1-4H3,(H2,23,24,28). The van der Waals surface area contributed by atoms with Gasteiger partial charge in [-0.15, -0.1) is 11.8 Å². The Labute approximate surface area is 183 Å². The number of benzene rings is 1. The van der Waals surface area contributed by atoms with E-state index >= 15 is 0 Å². The van der Waals surface area contributed by atoms with Crippen LogP contribution in [0.2, 0.25) is 0 Å². The summed E-state index contributed by atoms with van der Waals surface area (Å²) in [5.41, 5.74) is 9.20. The Morgan fingerprint density at radius 2 is 2.10 bits per heavy atom. The molecule has 0 bridgehead atoms. The minimum absolute atomic E-state index is 0.0341. The van der Waals surface area contributed by atoms with Gasteiger partial charge in [0.2, 0.25) is 0 Å². The SMILES string of the molecule is CCNC(=O)NCc1ccc2c(c1)OCCC1=C2NC(C(NC(C)C)NC(C)N)S1. The number of urea groups is 1. The van der Waals surface area contributed by atoms with Crippen molar-refractivity contribution in [2.75, 3.05) is 13.2 Å². The highest BCUT2D eigenvalue weighted by Crippen LogP contribution is 2.43. The molecule has 3 unspecified atom stereocenters. The number of amides is 2. The number of hydrogen-bond acceptors (Lipinski definition) is 7. The van der Waals surface area contributed by atoms with Crippen molar-refractivity contribution in [3.05, 3.63) is 34.2 Å². The van der Waals surface area contributed by atoms with Gasteiger partial charge in [0.15, 0.2) is 0 Å². The summed E-state index contributed by atoms with van der Waals surface area (Å²) in [4.78, 5) is 13.0. The summed E-state index contributed by atoms with van der Waals surface area (Å²) >= 11 is 1.83. The first-order valence-corrected chi connectivity index (χ1v) is 11.5. The maximum Gasteiger partial charge on any atom is 0.315 e. The van der Waals surface area contributed by atoms with Crippen molar-refractivity contribution in [1.82, 2.24) is 26.6 Å². The van der Waals surface area contributed by atoms with Gasteiger partial charge in [-0.2, -0.15) is 0 Å². The van der Waals surface area contributed by atoms with E-state index in [1.807, 2.05) is 37.7 Å². The summed E-state index contributed by atoms with van der Waals surface area (Å²) in [6.45, 7) is 9.80. The third kappa shape index (κ3) is 5.81. The fraction of sp³-hybridized carbons (Fsp3) is 0.571. The van der Waals surface area contributed by atoms with E-state index in [0.717, 1.165) is 29.0 Å². The van der Waals surface area contributed by atoms with Gasteiger partial charge in [-0.25, -0.2) is 4.79 Å². The molecule has 0 saturated heterocycles. The normalized spacial score (nSPS) is 19.9. The van der Waals surface area contributed by atoms with Crippen LogP contribution in [-0.4, -0.2) is 42.9 Å². The average molecular weight is 435 g/mol. The Balaban J connectivity index is 1.74. The Kier molecular flexibility index (Phi) is 7.87. The van der Waals surface area contributed by atoms with Gasteiger partial charge in [-0.1, -0.05) is 6.07 Å². The third-order valence-electron chi connectivity index (χ3n) is 4.79. The number of nitrogens with one attached hydrogen (secondary N) is 5. The molecule has 166 valence electrons. The molecule has 2 heterocycles. The summed E-state index contributed by atoms with van der Waals surface area (Å²) in [6.07, 6.45) is 0.781. The monoisotopic (exact) mass is 434 g/mol. The lowest BCUT2D eigenvalue weighted by Gasteiger charge is -2.30. The van der Waals surface area contributed by atoms with E-state index in [4.69, 9.17) is 10.5 Å². The van der Waals surface area contributed by atoms with Gasteiger partial charge in [0, 0.05) is 36.0 Å². The molecule has 0 aliphatic carbocycles. The summed E-state index contributed by atoms with van der Waals surface area (Å²) in [5, 5.41) is 16.4. The zero-order valence-corrected chi connectivity index (χ0v) is 19.0. The molecule has 8 nitrogen and oxygen atoms in total. The van der Waals surface area contributed by atoms with Crippen LogP contribution in [0, 0.1) is 0 Å². The van der Waals surface area contributed by atoms with Crippen molar-refractivity contribution in [2.45, 2.75) is 64.4 Å². The second-order valence-corrected chi connectivity index (χ2v) is 9.11.